The number of aliphatic carboxylic acids is 1. The van der Waals surface area contributed by atoms with Crippen LogP contribution in [0.15, 0.2) is 0 Å². The maximum absolute atomic E-state index is 11.2. The molecule has 0 saturated carbocycles. The van der Waals surface area contributed by atoms with Gasteiger partial charge in [0.25, 0.3) is 0 Å². The van der Waals surface area contributed by atoms with Crippen molar-refractivity contribution in [2.45, 2.75) is 26.3 Å². The van der Waals surface area contributed by atoms with Crippen LogP contribution in [0.4, 0.5) is 0 Å². The molecule has 0 aromatic heterocycles. The predicted octanol–water partition coefficient (Wildman–Crippen LogP) is -0.471. The van der Waals surface area contributed by atoms with E-state index in [1.807, 2.05) is 5.32 Å². The Balaban J connectivity index is 4.80. The van der Waals surface area contributed by atoms with E-state index in [-0.39, 0.29) is 6.61 Å². The van der Waals surface area contributed by atoms with E-state index in [1.54, 1.807) is 6.92 Å². The largest absolute Gasteiger partial charge is 0.479 e. The second-order valence-electron chi connectivity index (χ2n) is 2.83. The molecule has 0 rings (SSSR count). The van der Waals surface area contributed by atoms with E-state index in [4.69, 9.17) is 5.11 Å². The molecule has 0 fully saturated rings. The van der Waals surface area contributed by atoms with Crippen LogP contribution in [0.2, 0.25) is 0 Å². The van der Waals surface area contributed by atoms with E-state index in [1.165, 1.54) is 0 Å². The normalized spacial score (nSPS) is 13.9. The molecule has 1 atom stereocenters. The van der Waals surface area contributed by atoms with Crippen molar-refractivity contribution in [1.82, 2.24) is 5.32 Å². The molecule has 6 heteroatoms. The van der Waals surface area contributed by atoms with Gasteiger partial charge in [-0.3, -0.25) is 4.79 Å². The first-order chi connectivity index (χ1) is 6.34. The third-order valence-electron chi connectivity index (χ3n) is 1.54. The molecule has 6 nitrogen and oxygen atoms in total. The maximum Gasteiger partial charge on any atom is 0.343 e. The van der Waals surface area contributed by atoms with Crippen molar-refractivity contribution >= 4 is 17.8 Å². The molecule has 0 heterocycles. The molecule has 0 aliphatic carbocycles. The molecule has 80 valence electrons. The fraction of sp³-hybridized carbons (Fsp3) is 0.625. The predicted molar refractivity (Wildman–Crippen MR) is 46.5 cm³/mol. The number of amides is 1. The number of hydrogen-bond acceptors (Lipinski definition) is 4. The number of esters is 1. The number of nitrogens with one attached hydrogen (secondary N) is 1. The second-order valence-corrected chi connectivity index (χ2v) is 2.83. The van der Waals surface area contributed by atoms with Crippen LogP contribution < -0.4 is 5.32 Å². The van der Waals surface area contributed by atoms with Crippen LogP contribution >= 0.6 is 0 Å². The van der Waals surface area contributed by atoms with Crippen molar-refractivity contribution in [1.29, 1.82) is 0 Å². The average Bonchev–Trinajstić information content (AvgIpc) is 2.02. The highest BCUT2D eigenvalue weighted by atomic mass is 16.5. The highest BCUT2D eigenvalue weighted by molar-refractivity contribution is 6.06. The van der Waals surface area contributed by atoms with Crippen molar-refractivity contribution in [2.75, 3.05) is 6.61 Å². The van der Waals surface area contributed by atoms with Crippen molar-refractivity contribution in [3.05, 3.63) is 0 Å². The van der Waals surface area contributed by atoms with Gasteiger partial charge < -0.3 is 15.2 Å². The molecular weight excluding hydrogens is 190 g/mol. The highest BCUT2D eigenvalue weighted by Crippen LogP contribution is 2.07. The van der Waals surface area contributed by atoms with Crippen LogP contribution in [-0.4, -0.2) is 35.1 Å². The van der Waals surface area contributed by atoms with Crippen molar-refractivity contribution in [3.8, 4) is 0 Å². The van der Waals surface area contributed by atoms with E-state index in [2.05, 4.69) is 4.74 Å². The number of carboxylic acids is 1. The SMILES string of the molecule is CCOC(=O)C(C)(NC(C)=O)C(=O)O. The van der Waals surface area contributed by atoms with Crippen LogP contribution in [0.5, 0.6) is 0 Å². The molecule has 0 spiro atoms. The third-order valence-corrected chi connectivity index (χ3v) is 1.54. The topological polar surface area (TPSA) is 92.7 Å². The zero-order valence-electron chi connectivity index (χ0n) is 8.29. The lowest BCUT2D eigenvalue weighted by molar-refractivity contribution is -0.163. The zero-order chi connectivity index (χ0) is 11.4. The quantitative estimate of drug-likeness (QED) is 0.476. The van der Waals surface area contributed by atoms with Gasteiger partial charge in [-0.25, -0.2) is 9.59 Å². The summed E-state index contributed by atoms with van der Waals surface area (Å²) in [7, 11) is 0. The van der Waals surface area contributed by atoms with Crippen molar-refractivity contribution in [2.24, 2.45) is 0 Å². The van der Waals surface area contributed by atoms with E-state index in [9.17, 15) is 14.4 Å². The molecule has 0 aliphatic heterocycles. The molecule has 1 amide bonds. The molecule has 0 radical (unpaired) electrons. The first-order valence-corrected chi connectivity index (χ1v) is 4.04. The van der Waals surface area contributed by atoms with Crippen molar-refractivity contribution in [3.63, 3.8) is 0 Å². The van der Waals surface area contributed by atoms with Gasteiger partial charge in [0.2, 0.25) is 11.4 Å². The summed E-state index contributed by atoms with van der Waals surface area (Å²) in [6.07, 6.45) is 0. The summed E-state index contributed by atoms with van der Waals surface area (Å²) >= 11 is 0. The molecule has 0 bridgehead atoms. The Hall–Kier alpha value is -1.59. The van der Waals surface area contributed by atoms with Gasteiger partial charge >= 0.3 is 11.9 Å². The molecule has 0 saturated heterocycles. The second kappa shape index (κ2) is 4.59. The van der Waals surface area contributed by atoms with E-state index < -0.39 is 23.4 Å². The third kappa shape index (κ3) is 2.72. The Morgan fingerprint density at radius 3 is 2.21 bits per heavy atom. The lowest BCUT2D eigenvalue weighted by atomic mass is 10.0. The van der Waals surface area contributed by atoms with Crippen LogP contribution in [0.3, 0.4) is 0 Å². The number of carbonyl (C=O) groups is 3. The monoisotopic (exact) mass is 203 g/mol. The molecule has 2 N–H and O–H groups in total. The summed E-state index contributed by atoms with van der Waals surface area (Å²) in [6.45, 7) is 3.81. The Kier molecular flexibility index (Phi) is 4.07. The summed E-state index contributed by atoms with van der Waals surface area (Å²) in [5, 5.41) is 10.8. The number of ether oxygens (including phenoxy) is 1. The van der Waals surface area contributed by atoms with Gasteiger partial charge in [0.1, 0.15) is 0 Å². The minimum absolute atomic E-state index is 0.0568. The first-order valence-electron chi connectivity index (χ1n) is 4.04. The molecule has 1 unspecified atom stereocenters. The standard InChI is InChI=1S/C8H13NO5/c1-4-14-7(13)8(3,6(11)12)9-5(2)10/h4H2,1-3H3,(H,9,10)(H,11,12). The fourth-order valence-corrected chi connectivity index (χ4v) is 0.819. The Morgan fingerprint density at radius 1 is 1.43 bits per heavy atom. The molecule has 14 heavy (non-hydrogen) atoms. The smallest absolute Gasteiger partial charge is 0.343 e. The van der Waals surface area contributed by atoms with E-state index in [0.29, 0.717) is 0 Å². The highest BCUT2D eigenvalue weighted by Gasteiger charge is 2.43. The van der Waals surface area contributed by atoms with Gasteiger partial charge in [0.05, 0.1) is 6.61 Å². The van der Waals surface area contributed by atoms with Crippen LogP contribution in [0, 0.1) is 0 Å². The Bertz CT molecular complexity index is 262. The van der Waals surface area contributed by atoms with E-state index in [0.717, 1.165) is 13.8 Å². The number of rotatable bonds is 4. The lowest BCUT2D eigenvalue weighted by Gasteiger charge is -2.22. The van der Waals surface area contributed by atoms with Crippen LogP contribution in [-0.2, 0) is 19.1 Å². The van der Waals surface area contributed by atoms with Gasteiger partial charge in [0, 0.05) is 6.92 Å². The Labute approximate surface area is 81.2 Å². The molecule has 0 aromatic carbocycles. The van der Waals surface area contributed by atoms with Gasteiger partial charge in [-0.05, 0) is 13.8 Å². The molecule has 0 aromatic rings. The van der Waals surface area contributed by atoms with Gasteiger partial charge in [-0.1, -0.05) is 0 Å². The van der Waals surface area contributed by atoms with Crippen molar-refractivity contribution < 1.29 is 24.2 Å². The summed E-state index contributed by atoms with van der Waals surface area (Å²) in [5.74, 6) is -3.04. The summed E-state index contributed by atoms with van der Waals surface area (Å²) < 4.78 is 4.53. The number of carboxylic acid groups (broad SMARTS) is 1. The molecule has 0 aliphatic rings. The Morgan fingerprint density at radius 2 is 1.93 bits per heavy atom. The zero-order valence-corrected chi connectivity index (χ0v) is 8.29. The maximum atomic E-state index is 11.2. The number of carbonyl (C=O) groups excluding carboxylic acids is 2. The summed E-state index contributed by atoms with van der Waals surface area (Å²) in [6, 6.07) is 0. The summed E-state index contributed by atoms with van der Waals surface area (Å²) in [4.78, 5) is 32.7. The van der Waals surface area contributed by atoms with E-state index >= 15 is 0 Å². The average molecular weight is 203 g/mol. The van der Waals surface area contributed by atoms with Gasteiger partial charge in [0.15, 0.2) is 0 Å². The van der Waals surface area contributed by atoms with Gasteiger partial charge in [-0.15, -0.1) is 0 Å². The summed E-state index contributed by atoms with van der Waals surface area (Å²) in [5.41, 5.74) is -2.01. The minimum Gasteiger partial charge on any atom is -0.479 e. The number of hydrogen-bond donors (Lipinski definition) is 2. The minimum atomic E-state index is -2.01. The lowest BCUT2D eigenvalue weighted by Crippen LogP contribution is -2.58. The first kappa shape index (κ1) is 12.4. The van der Waals surface area contributed by atoms with Crippen LogP contribution in [0.1, 0.15) is 20.8 Å². The fourth-order valence-electron chi connectivity index (χ4n) is 0.819. The van der Waals surface area contributed by atoms with Crippen LogP contribution in [0.25, 0.3) is 0 Å². The van der Waals surface area contributed by atoms with Gasteiger partial charge in [-0.2, -0.15) is 0 Å². The molecular formula is C8H13NO5.